The number of nitrogens with zero attached hydrogens (tertiary/aromatic N) is 2. The van der Waals surface area contributed by atoms with Crippen LogP contribution in [0.2, 0.25) is 5.02 Å². The first-order valence-electron chi connectivity index (χ1n) is 4.83. The maximum absolute atomic E-state index is 13.0. The molecular weight excluding hydrogens is 264 g/mol. The van der Waals surface area contributed by atoms with E-state index in [4.69, 9.17) is 17.3 Å². The summed E-state index contributed by atoms with van der Waals surface area (Å²) in [6.07, 6.45) is 3.43. The molecule has 1 heterocycles. The molecule has 2 N–H and O–H groups in total. The normalized spacial score (nSPS) is 12.0. The molecule has 0 saturated carbocycles. The summed E-state index contributed by atoms with van der Waals surface area (Å²) in [4.78, 5) is 4.15. The SMILES string of the molecule is C[C@H](N)c1cn(-c2ccc(F)c(Cl)c2)cn1.Cl. The van der Waals surface area contributed by atoms with Crippen LogP contribution in [0.25, 0.3) is 5.69 Å². The largest absolute Gasteiger partial charge is 0.323 e. The summed E-state index contributed by atoms with van der Waals surface area (Å²) in [7, 11) is 0. The van der Waals surface area contributed by atoms with Crippen LogP contribution in [0, 0.1) is 5.82 Å². The van der Waals surface area contributed by atoms with Gasteiger partial charge >= 0.3 is 0 Å². The molecule has 1 atom stereocenters. The van der Waals surface area contributed by atoms with E-state index in [0.29, 0.717) is 0 Å². The molecule has 0 aliphatic rings. The van der Waals surface area contributed by atoms with E-state index >= 15 is 0 Å². The lowest BCUT2D eigenvalue weighted by Gasteiger charge is -2.03. The monoisotopic (exact) mass is 275 g/mol. The summed E-state index contributed by atoms with van der Waals surface area (Å²) in [5.41, 5.74) is 7.23. The quantitative estimate of drug-likeness (QED) is 0.915. The Morgan fingerprint density at radius 3 is 2.71 bits per heavy atom. The van der Waals surface area contributed by atoms with Crippen molar-refractivity contribution in [1.29, 1.82) is 0 Å². The van der Waals surface area contributed by atoms with E-state index in [9.17, 15) is 4.39 Å². The zero-order valence-corrected chi connectivity index (χ0v) is 10.7. The maximum atomic E-state index is 13.0. The van der Waals surface area contributed by atoms with Crippen molar-refractivity contribution in [2.45, 2.75) is 13.0 Å². The molecule has 0 radical (unpaired) electrons. The second-order valence-electron chi connectivity index (χ2n) is 3.59. The van der Waals surface area contributed by atoms with Crippen molar-refractivity contribution in [3.8, 4) is 5.69 Å². The smallest absolute Gasteiger partial charge is 0.141 e. The summed E-state index contributed by atoms with van der Waals surface area (Å²) >= 11 is 5.70. The van der Waals surface area contributed by atoms with Crippen molar-refractivity contribution >= 4 is 24.0 Å². The van der Waals surface area contributed by atoms with Gasteiger partial charge in [-0.3, -0.25) is 0 Å². The van der Waals surface area contributed by atoms with E-state index in [-0.39, 0.29) is 23.5 Å². The van der Waals surface area contributed by atoms with Crippen LogP contribution in [-0.4, -0.2) is 9.55 Å². The van der Waals surface area contributed by atoms with Gasteiger partial charge in [-0.1, -0.05) is 11.6 Å². The Bertz CT molecular complexity index is 511. The van der Waals surface area contributed by atoms with Gasteiger partial charge in [0.25, 0.3) is 0 Å². The molecule has 1 aromatic carbocycles. The average molecular weight is 276 g/mol. The molecule has 0 spiro atoms. The lowest BCUT2D eigenvalue weighted by atomic mass is 10.3. The van der Waals surface area contributed by atoms with Crippen molar-refractivity contribution < 1.29 is 4.39 Å². The fraction of sp³-hybridized carbons (Fsp3) is 0.182. The highest BCUT2D eigenvalue weighted by molar-refractivity contribution is 6.30. The molecule has 0 aliphatic carbocycles. The van der Waals surface area contributed by atoms with Gasteiger partial charge in [-0.15, -0.1) is 12.4 Å². The number of hydrogen-bond acceptors (Lipinski definition) is 2. The molecule has 0 unspecified atom stereocenters. The van der Waals surface area contributed by atoms with E-state index in [2.05, 4.69) is 4.98 Å². The average Bonchev–Trinajstić information content (AvgIpc) is 2.71. The molecule has 6 heteroatoms. The first-order valence-corrected chi connectivity index (χ1v) is 5.20. The molecular formula is C11H12Cl2FN3. The van der Waals surface area contributed by atoms with E-state index < -0.39 is 5.82 Å². The van der Waals surface area contributed by atoms with Gasteiger partial charge in [0, 0.05) is 17.9 Å². The van der Waals surface area contributed by atoms with Gasteiger partial charge in [0.2, 0.25) is 0 Å². The third-order valence-electron chi connectivity index (χ3n) is 2.27. The van der Waals surface area contributed by atoms with Crippen LogP contribution in [0.4, 0.5) is 4.39 Å². The number of nitrogens with two attached hydrogens (primary N) is 1. The molecule has 1 aromatic heterocycles. The minimum atomic E-state index is -0.432. The summed E-state index contributed by atoms with van der Waals surface area (Å²) in [6.45, 7) is 1.85. The van der Waals surface area contributed by atoms with E-state index in [1.807, 2.05) is 6.92 Å². The molecule has 3 nitrogen and oxygen atoms in total. The summed E-state index contributed by atoms with van der Waals surface area (Å²) in [5.74, 6) is -0.432. The molecule has 2 rings (SSSR count). The van der Waals surface area contributed by atoms with Crippen molar-refractivity contribution in [2.75, 3.05) is 0 Å². The van der Waals surface area contributed by atoms with Crippen LogP contribution in [0.5, 0.6) is 0 Å². The van der Waals surface area contributed by atoms with Crippen LogP contribution in [0.15, 0.2) is 30.7 Å². The molecule has 92 valence electrons. The zero-order chi connectivity index (χ0) is 11.7. The third-order valence-corrected chi connectivity index (χ3v) is 2.56. The molecule has 17 heavy (non-hydrogen) atoms. The minimum Gasteiger partial charge on any atom is -0.323 e. The van der Waals surface area contributed by atoms with E-state index in [0.717, 1.165) is 11.4 Å². The Morgan fingerprint density at radius 1 is 1.47 bits per heavy atom. The van der Waals surface area contributed by atoms with Crippen LogP contribution < -0.4 is 5.73 Å². The molecule has 0 amide bonds. The lowest BCUT2D eigenvalue weighted by Crippen LogP contribution is -2.04. The van der Waals surface area contributed by atoms with Gasteiger partial charge in [-0.05, 0) is 25.1 Å². The highest BCUT2D eigenvalue weighted by Gasteiger charge is 2.06. The zero-order valence-electron chi connectivity index (χ0n) is 9.10. The molecule has 0 aliphatic heterocycles. The van der Waals surface area contributed by atoms with Gasteiger partial charge < -0.3 is 10.3 Å². The van der Waals surface area contributed by atoms with Crippen molar-refractivity contribution in [2.24, 2.45) is 5.73 Å². The topological polar surface area (TPSA) is 43.8 Å². The molecule has 0 bridgehead atoms. The number of aromatic nitrogens is 2. The Hall–Kier alpha value is -1.10. The van der Waals surface area contributed by atoms with Crippen LogP contribution >= 0.6 is 24.0 Å². The third kappa shape index (κ3) is 2.97. The van der Waals surface area contributed by atoms with Gasteiger partial charge in [-0.25, -0.2) is 9.37 Å². The van der Waals surface area contributed by atoms with Crippen molar-refractivity contribution in [3.63, 3.8) is 0 Å². The molecule has 0 saturated heterocycles. The first-order chi connectivity index (χ1) is 7.58. The summed E-state index contributed by atoms with van der Waals surface area (Å²) < 4.78 is 14.7. The van der Waals surface area contributed by atoms with E-state index in [1.54, 1.807) is 29.2 Å². The number of hydrogen-bond donors (Lipinski definition) is 1. The number of rotatable bonds is 2. The van der Waals surface area contributed by atoms with Crippen LogP contribution in [0.3, 0.4) is 0 Å². The predicted molar refractivity (Wildman–Crippen MR) is 68.4 cm³/mol. The Balaban J connectivity index is 0.00000144. The van der Waals surface area contributed by atoms with Crippen LogP contribution in [0.1, 0.15) is 18.7 Å². The van der Waals surface area contributed by atoms with E-state index in [1.165, 1.54) is 6.07 Å². The molecule has 2 aromatic rings. The first kappa shape index (κ1) is 14.0. The van der Waals surface area contributed by atoms with Gasteiger partial charge in [0.1, 0.15) is 5.82 Å². The van der Waals surface area contributed by atoms with Gasteiger partial charge in [0.05, 0.1) is 17.0 Å². The number of halogens is 3. The fourth-order valence-electron chi connectivity index (χ4n) is 1.36. The number of benzene rings is 1. The second-order valence-corrected chi connectivity index (χ2v) is 4.00. The second kappa shape index (κ2) is 5.49. The predicted octanol–water partition coefficient (Wildman–Crippen LogP) is 3.11. The summed E-state index contributed by atoms with van der Waals surface area (Å²) in [5, 5.41) is 0.0912. The standard InChI is InChI=1S/C11H11ClFN3.ClH/c1-7(14)11-5-16(6-15-11)8-2-3-10(13)9(12)4-8;/h2-7H,14H2,1H3;1H/t7-;/m0./s1. The fourth-order valence-corrected chi connectivity index (χ4v) is 1.53. The van der Waals surface area contributed by atoms with Crippen molar-refractivity contribution in [1.82, 2.24) is 9.55 Å². The van der Waals surface area contributed by atoms with Crippen molar-refractivity contribution in [3.05, 3.63) is 47.3 Å². The summed E-state index contributed by atoms with van der Waals surface area (Å²) in [6, 6.07) is 4.37. The minimum absolute atomic E-state index is 0. The van der Waals surface area contributed by atoms with Gasteiger partial charge in [0.15, 0.2) is 0 Å². The Labute approximate surface area is 110 Å². The lowest BCUT2D eigenvalue weighted by molar-refractivity contribution is 0.628. The number of imidazole rings is 1. The molecule has 0 fully saturated rings. The highest BCUT2D eigenvalue weighted by Crippen LogP contribution is 2.19. The maximum Gasteiger partial charge on any atom is 0.141 e. The van der Waals surface area contributed by atoms with Gasteiger partial charge in [-0.2, -0.15) is 0 Å². The Morgan fingerprint density at radius 2 is 2.18 bits per heavy atom. The Kier molecular flexibility index (Phi) is 4.51. The highest BCUT2D eigenvalue weighted by atomic mass is 35.5. The van der Waals surface area contributed by atoms with Crippen LogP contribution in [-0.2, 0) is 0 Å².